The number of nitrogens with one attached hydrogen (secondary N) is 1. The molecular formula is C22H17NO2S. The van der Waals surface area contributed by atoms with Crippen LogP contribution < -0.4 is 5.32 Å². The van der Waals surface area contributed by atoms with Crippen molar-refractivity contribution in [2.75, 3.05) is 5.32 Å². The van der Waals surface area contributed by atoms with Crippen molar-refractivity contribution in [3.05, 3.63) is 108 Å². The van der Waals surface area contributed by atoms with Crippen LogP contribution in [-0.2, 0) is 4.93 Å². The predicted molar refractivity (Wildman–Crippen MR) is 105 cm³/mol. The molecule has 3 nitrogen and oxygen atoms in total. The molecule has 1 aliphatic heterocycles. The van der Waals surface area contributed by atoms with E-state index in [1.807, 2.05) is 72.8 Å². The maximum absolute atomic E-state index is 12.7. The first-order chi connectivity index (χ1) is 12.7. The van der Waals surface area contributed by atoms with E-state index >= 15 is 0 Å². The molecule has 3 aromatic rings. The number of hydrogen-bond donors (Lipinski definition) is 2. The topological polar surface area (TPSA) is 49.3 Å². The van der Waals surface area contributed by atoms with Gasteiger partial charge in [-0.1, -0.05) is 84.6 Å². The van der Waals surface area contributed by atoms with Gasteiger partial charge in [0.25, 0.3) is 0 Å². The summed E-state index contributed by atoms with van der Waals surface area (Å²) < 4.78 is 0. The second-order valence-corrected chi connectivity index (χ2v) is 7.26. The number of hydrogen-bond acceptors (Lipinski definition) is 4. The number of thioether (sulfide) groups is 1. The Bertz CT molecular complexity index is 970. The molecule has 0 aliphatic carbocycles. The molecule has 0 fully saturated rings. The normalized spacial score (nSPS) is 20.3. The molecule has 26 heavy (non-hydrogen) atoms. The fourth-order valence-corrected chi connectivity index (χ4v) is 4.10. The standard InChI is InChI=1S/C22H17NO2S/c24-19(16-9-3-1-4-10-16)15-21-22(25,17-11-5-2-6-12-17)26-20-14-8-7-13-18(20)23-21/h1-15,23,25H/b21-15-. The molecule has 4 rings (SSSR count). The molecule has 0 saturated carbocycles. The van der Waals surface area contributed by atoms with Crippen LogP contribution in [0.2, 0.25) is 0 Å². The van der Waals surface area contributed by atoms with Crippen LogP contribution >= 0.6 is 11.8 Å². The van der Waals surface area contributed by atoms with Gasteiger partial charge in [0.05, 0.1) is 11.4 Å². The fourth-order valence-electron chi connectivity index (χ4n) is 2.93. The molecular weight excluding hydrogens is 342 g/mol. The highest BCUT2D eigenvalue weighted by atomic mass is 32.2. The average molecular weight is 359 g/mol. The zero-order valence-electron chi connectivity index (χ0n) is 13.9. The summed E-state index contributed by atoms with van der Waals surface area (Å²) in [4.78, 5) is 12.3. The van der Waals surface area contributed by atoms with E-state index in [9.17, 15) is 9.90 Å². The Hall–Kier alpha value is -2.82. The van der Waals surface area contributed by atoms with Crippen LogP contribution in [0.1, 0.15) is 15.9 Å². The molecule has 1 atom stereocenters. The van der Waals surface area contributed by atoms with Gasteiger partial charge in [0.15, 0.2) is 10.7 Å². The van der Waals surface area contributed by atoms with E-state index in [-0.39, 0.29) is 5.78 Å². The maximum Gasteiger partial charge on any atom is 0.187 e. The van der Waals surface area contributed by atoms with Crippen LogP contribution in [0, 0.1) is 0 Å². The van der Waals surface area contributed by atoms with Crippen LogP contribution in [0.15, 0.2) is 102 Å². The second kappa shape index (κ2) is 6.83. The quantitative estimate of drug-likeness (QED) is 0.520. The molecule has 0 amide bonds. The summed E-state index contributed by atoms with van der Waals surface area (Å²) in [7, 11) is 0. The van der Waals surface area contributed by atoms with Gasteiger partial charge >= 0.3 is 0 Å². The average Bonchev–Trinajstić information content (AvgIpc) is 2.70. The van der Waals surface area contributed by atoms with Crippen molar-refractivity contribution in [1.82, 2.24) is 0 Å². The van der Waals surface area contributed by atoms with E-state index in [1.165, 1.54) is 17.8 Å². The van der Waals surface area contributed by atoms with Crippen molar-refractivity contribution in [3.8, 4) is 0 Å². The van der Waals surface area contributed by atoms with Crippen LogP contribution in [0.3, 0.4) is 0 Å². The van der Waals surface area contributed by atoms with Crippen molar-refractivity contribution in [3.63, 3.8) is 0 Å². The number of allylic oxidation sites excluding steroid dienone is 1. The molecule has 128 valence electrons. The summed E-state index contributed by atoms with van der Waals surface area (Å²) >= 11 is 1.33. The van der Waals surface area contributed by atoms with Gasteiger partial charge in [-0.2, -0.15) is 0 Å². The molecule has 1 aliphatic rings. The van der Waals surface area contributed by atoms with Crippen molar-refractivity contribution < 1.29 is 9.90 Å². The van der Waals surface area contributed by atoms with Crippen molar-refractivity contribution in [2.45, 2.75) is 9.83 Å². The third kappa shape index (κ3) is 3.05. The first kappa shape index (κ1) is 16.6. The molecule has 0 aromatic heterocycles. The number of para-hydroxylation sites is 1. The third-order valence-corrected chi connectivity index (χ3v) is 5.60. The first-order valence-electron chi connectivity index (χ1n) is 8.31. The highest BCUT2D eigenvalue weighted by molar-refractivity contribution is 8.00. The molecule has 0 bridgehead atoms. The van der Waals surface area contributed by atoms with Gasteiger partial charge in [0.2, 0.25) is 0 Å². The lowest BCUT2D eigenvalue weighted by atomic mass is 10.0. The lowest BCUT2D eigenvalue weighted by Crippen LogP contribution is -2.32. The van der Waals surface area contributed by atoms with Crippen LogP contribution in [-0.4, -0.2) is 10.9 Å². The highest BCUT2D eigenvalue weighted by Gasteiger charge is 2.40. The van der Waals surface area contributed by atoms with Crippen LogP contribution in [0.4, 0.5) is 5.69 Å². The molecule has 2 N–H and O–H groups in total. The maximum atomic E-state index is 12.7. The van der Waals surface area contributed by atoms with E-state index in [2.05, 4.69) is 5.32 Å². The van der Waals surface area contributed by atoms with Crippen molar-refractivity contribution in [2.24, 2.45) is 0 Å². The van der Waals surface area contributed by atoms with E-state index in [0.29, 0.717) is 11.3 Å². The van der Waals surface area contributed by atoms with Crippen molar-refractivity contribution >= 4 is 23.2 Å². The second-order valence-electron chi connectivity index (χ2n) is 6.02. The van der Waals surface area contributed by atoms with Crippen LogP contribution in [0.5, 0.6) is 0 Å². The van der Waals surface area contributed by atoms with Gasteiger partial charge in [-0.05, 0) is 12.1 Å². The van der Waals surface area contributed by atoms with Gasteiger partial charge in [0.1, 0.15) is 0 Å². The molecule has 4 heteroatoms. The Labute approximate surface area is 156 Å². The Morgan fingerprint density at radius 3 is 2.23 bits per heavy atom. The van der Waals surface area contributed by atoms with Gasteiger partial charge in [-0.25, -0.2) is 0 Å². The summed E-state index contributed by atoms with van der Waals surface area (Å²) in [5.74, 6) is -0.151. The fraction of sp³-hybridized carbons (Fsp3) is 0.0455. The molecule has 1 heterocycles. The summed E-state index contributed by atoms with van der Waals surface area (Å²) in [5, 5.41) is 14.8. The number of benzene rings is 3. The number of fused-ring (bicyclic) bond motifs is 1. The molecule has 0 spiro atoms. The monoisotopic (exact) mass is 359 g/mol. The van der Waals surface area contributed by atoms with Gasteiger partial charge in [0, 0.05) is 22.1 Å². The van der Waals surface area contributed by atoms with Gasteiger partial charge in [-0.15, -0.1) is 0 Å². The summed E-state index contributed by atoms with van der Waals surface area (Å²) in [6, 6.07) is 26.2. The van der Waals surface area contributed by atoms with Crippen molar-refractivity contribution in [1.29, 1.82) is 0 Å². The minimum absolute atomic E-state index is 0.151. The number of anilines is 1. The minimum Gasteiger partial charge on any atom is -0.370 e. The smallest absolute Gasteiger partial charge is 0.187 e. The Morgan fingerprint density at radius 1 is 0.885 bits per heavy atom. The minimum atomic E-state index is -1.36. The SMILES string of the molecule is O=C(/C=C1\Nc2ccccc2SC1(O)c1ccccc1)c1ccccc1. The van der Waals surface area contributed by atoms with Gasteiger partial charge in [-0.3, -0.25) is 4.79 Å². The molecule has 0 radical (unpaired) electrons. The van der Waals surface area contributed by atoms with Gasteiger partial charge < -0.3 is 10.4 Å². The number of ketones is 1. The number of aliphatic hydroxyl groups is 1. The molecule has 0 saturated heterocycles. The summed E-state index contributed by atoms with van der Waals surface area (Å²) in [5.41, 5.74) is 2.65. The number of carbonyl (C=O) groups excluding carboxylic acids is 1. The summed E-state index contributed by atoms with van der Waals surface area (Å²) in [6.45, 7) is 0. The highest BCUT2D eigenvalue weighted by Crippen LogP contribution is 2.51. The zero-order valence-corrected chi connectivity index (χ0v) is 14.7. The molecule has 1 unspecified atom stereocenters. The lowest BCUT2D eigenvalue weighted by Gasteiger charge is -2.36. The van der Waals surface area contributed by atoms with E-state index in [4.69, 9.17) is 0 Å². The molecule has 3 aromatic carbocycles. The van der Waals surface area contributed by atoms with Crippen LogP contribution in [0.25, 0.3) is 0 Å². The number of carbonyl (C=O) groups is 1. The van der Waals surface area contributed by atoms with E-state index < -0.39 is 4.93 Å². The first-order valence-corrected chi connectivity index (χ1v) is 9.13. The third-order valence-electron chi connectivity index (χ3n) is 4.28. The largest absolute Gasteiger partial charge is 0.370 e. The van der Waals surface area contributed by atoms with E-state index in [0.717, 1.165) is 16.1 Å². The predicted octanol–water partition coefficient (Wildman–Crippen LogP) is 4.82. The number of rotatable bonds is 3. The zero-order chi connectivity index (χ0) is 18.0. The Morgan fingerprint density at radius 2 is 1.50 bits per heavy atom. The lowest BCUT2D eigenvalue weighted by molar-refractivity contribution is 0.104. The summed E-state index contributed by atoms with van der Waals surface area (Å²) in [6.07, 6.45) is 1.49. The Kier molecular flexibility index (Phi) is 4.37. The van der Waals surface area contributed by atoms with E-state index in [1.54, 1.807) is 12.1 Å². The Balaban J connectivity index is 1.82.